The molecule has 0 radical (unpaired) electrons. The van der Waals surface area contributed by atoms with Crippen molar-refractivity contribution in [3.8, 4) is 11.3 Å². The van der Waals surface area contributed by atoms with Crippen LogP contribution in [0.1, 0.15) is 21.2 Å². The summed E-state index contributed by atoms with van der Waals surface area (Å²) in [6, 6.07) is 27.8. The summed E-state index contributed by atoms with van der Waals surface area (Å²) in [5, 5.41) is 18.3. The third kappa shape index (κ3) is 7.02. The first-order valence-corrected chi connectivity index (χ1v) is 14.0. The number of aromatic nitrogens is 1. The summed E-state index contributed by atoms with van der Waals surface area (Å²) in [5.41, 5.74) is 2.75. The Kier molecular flexibility index (Phi) is 8.47. The molecule has 4 aromatic carbocycles. The van der Waals surface area contributed by atoms with E-state index in [2.05, 4.69) is 15.6 Å². The normalized spacial score (nSPS) is 11.4. The largest absolute Gasteiger partial charge is 0.322 e. The number of non-ortho nitro benzene ring substituents is 1. The van der Waals surface area contributed by atoms with Gasteiger partial charge in [0.2, 0.25) is 5.91 Å². The summed E-state index contributed by atoms with van der Waals surface area (Å²) in [6.45, 7) is 0. The second-order valence-electron chi connectivity index (χ2n) is 8.73. The van der Waals surface area contributed by atoms with Gasteiger partial charge < -0.3 is 10.6 Å². The number of rotatable bonds is 9. The highest BCUT2D eigenvalue weighted by Gasteiger charge is 2.23. The predicted octanol–water partition coefficient (Wildman–Crippen LogP) is 7.58. The summed E-state index contributed by atoms with van der Waals surface area (Å²) in [5.74, 6) is -1.06. The third-order valence-electron chi connectivity index (χ3n) is 5.90. The molecule has 1 atom stereocenters. The summed E-state index contributed by atoms with van der Waals surface area (Å²) >= 11 is 2.57. The Morgan fingerprint density at radius 3 is 2.34 bits per heavy atom. The van der Waals surface area contributed by atoms with Crippen LogP contribution in [0.15, 0.2) is 113 Å². The van der Waals surface area contributed by atoms with Crippen LogP contribution in [-0.4, -0.2) is 21.7 Å². The van der Waals surface area contributed by atoms with E-state index in [9.17, 15) is 24.1 Å². The Labute approximate surface area is 242 Å². The van der Waals surface area contributed by atoms with E-state index in [0.717, 1.165) is 10.5 Å². The Hall–Kier alpha value is -4.87. The molecule has 0 bridgehead atoms. The highest BCUT2D eigenvalue weighted by molar-refractivity contribution is 8.00. The number of nitrogens with one attached hydrogen (secondary N) is 2. The van der Waals surface area contributed by atoms with Crippen molar-refractivity contribution < 1.29 is 18.9 Å². The van der Waals surface area contributed by atoms with Crippen molar-refractivity contribution in [2.45, 2.75) is 10.1 Å². The van der Waals surface area contributed by atoms with Gasteiger partial charge in [0.05, 0.1) is 10.6 Å². The Bertz CT molecular complexity index is 1690. The van der Waals surface area contributed by atoms with E-state index in [0.29, 0.717) is 27.6 Å². The molecule has 2 N–H and O–H groups in total. The number of nitrogens with zero attached hydrogens (tertiary/aromatic N) is 2. The molecular weight excluding hydrogens is 563 g/mol. The molecule has 0 aliphatic heterocycles. The Balaban J connectivity index is 1.29. The van der Waals surface area contributed by atoms with E-state index in [1.54, 1.807) is 41.8 Å². The number of anilines is 2. The van der Waals surface area contributed by atoms with E-state index >= 15 is 0 Å². The van der Waals surface area contributed by atoms with E-state index in [-0.39, 0.29) is 17.5 Å². The highest BCUT2D eigenvalue weighted by atomic mass is 32.2. The molecule has 2 amide bonds. The molecule has 11 heteroatoms. The number of carbonyl (C=O) groups excluding carboxylic acids is 2. The molecule has 8 nitrogen and oxygen atoms in total. The Morgan fingerprint density at radius 2 is 1.63 bits per heavy atom. The third-order valence-corrected chi connectivity index (χ3v) is 7.92. The number of nitro groups is 1. The van der Waals surface area contributed by atoms with Crippen molar-refractivity contribution in [1.29, 1.82) is 0 Å². The molecule has 204 valence electrons. The fourth-order valence-electron chi connectivity index (χ4n) is 3.87. The summed E-state index contributed by atoms with van der Waals surface area (Å²) < 4.78 is 13.2. The fraction of sp³-hybridized carbons (Fsp3) is 0.0333. The second kappa shape index (κ2) is 12.5. The number of hydrogen-bond donors (Lipinski definition) is 2. The lowest BCUT2D eigenvalue weighted by atomic mass is 10.1. The minimum absolute atomic E-state index is 0.0392. The zero-order valence-electron chi connectivity index (χ0n) is 21.2. The van der Waals surface area contributed by atoms with Crippen molar-refractivity contribution in [3.05, 3.63) is 136 Å². The molecule has 5 rings (SSSR count). The molecule has 0 saturated heterocycles. The maximum atomic E-state index is 13.5. The van der Waals surface area contributed by atoms with Crippen LogP contribution in [0.2, 0.25) is 0 Å². The van der Waals surface area contributed by atoms with Gasteiger partial charge >= 0.3 is 0 Å². The lowest BCUT2D eigenvalue weighted by Gasteiger charge is -2.16. The van der Waals surface area contributed by atoms with E-state index in [1.165, 1.54) is 59.5 Å². The van der Waals surface area contributed by atoms with Gasteiger partial charge in [0.15, 0.2) is 5.13 Å². The minimum Gasteiger partial charge on any atom is -0.322 e. The average molecular weight is 585 g/mol. The van der Waals surface area contributed by atoms with Crippen molar-refractivity contribution in [1.82, 2.24) is 4.98 Å². The van der Waals surface area contributed by atoms with Gasteiger partial charge in [-0.05, 0) is 54.1 Å². The first kappa shape index (κ1) is 27.7. The maximum Gasteiger partial charge on any atom is 0.270 e. The van der Waals surface area contributed by atoms with Crippen LogP contribution in [0.25, 0.3) is 11.3 Å². The predicted molar refractivity (Wildman–Crippen MR) is 159 cm³/mol. The first-order chi connectivity index (χ1) is 19.9. The Morgan fingerprint density at radius 1 is 0.902 bits per heavy atom. The van der Waals surface area contributed by atoms with Crippen LogP contribution in [0.3, 0.4) is 0 Å². The molecule has 0 spiro atoms. The van der Waals surface area contributed by atoms with Crippen molar-refractivity contribution in [3.63, 3.8) is 0 Å². The van der Waals surface area contributed by atoms with Crippen LogP contribution >= 0.6 is 23.1 Å². The van der Waals surface area contributed by atoms with Crippen LogP contribution < -0.4 is 10.6 Å². The average Bonchev–Trinajstić information content (AvgIpc) is 3.46. The second-order valence-corrected chi connectivity index (χ2v) is 10.8. The molecule has 1 heterocycles. The lowest BCUT2D eigenvalue weighted by molar-refractivity contribution is -0.384. The molecule has 0 aliphatic rings. The highest BCUT2D eigenvalue weighted by Crippen LogP contribution is 2.37. The molecule has 41 heavy (non-hydrogen) atoms. The van der Waals surface area contributed by atoms with Gasteiger partial charge in [0.25, 0.3) is 11.6 Å². The monoisotopic (exact) mass is 584 g/mol. The van der Waals surface area contributed by atoms with Crippen molar-refractivity contribution >= 4 is 51.4 Å². The van der Waals surface area contributed by atoms with Gasteiger partial charge in [-0.1, -0.05) is 42.5 Å². The molecule has 5 aromatic rings. The SMILES string of the molecule is O=C(Nc1ccc(SC(C(=O)Nc2nc(-c3cccc([N+](=O)[O-])c3)cs2)c2ccccc2)cc1)c1ccc(F)cc1. The van der Waals surface area contributed by atoms with Crippen LogP contribution in [0.5, 0.6) is 0 Å². The summed E-state index contributed by atoms with van der Waals surface area (Å²) in [6.07, 6.45) is 0. The smallest absolute Gasteiger partial charge is 0.270 e. The molecule has 0 saturated carbocycles. The number of halogens is 1. The number of amides is 2. The van der Waals surface area contributed by atoms with Gasteiger partial charge in [0.1, 0.15) is 11.1 Å². The molecule has 1 aromatic heterocycles. The number of thiazole rings is 1. The molecule has 0 fully saturated rings. The van der Waals surface area contributed by atoms with Gasteiger partial charge in [0, 0.05) is 39.2 Å². The fourth-order valence-corrected chi connectivity index (χ4v) is 5.62. The zero-order chi connectivity index (χ0) is 28.8. The topological polar surface area (TPSA) is 114 Å². The molecular formula is C30H21FN4O4S2. The van der Waals surface area contributed by atoms with Crippen molar-refractivity contribution in [2.24, 2.45) is 0 Å². The van der Waals surface area contributed by atoms with E-state index < -0.39 is 16.0 Å². The number of nitro benzene ring substituents is 1. The summed E-state index contributed by atoms with van der Waals surface area (Å²) in [4.78, 5) is 41.8. The summed E-state index contributed by atoms with van der Waals surface area (Å²) in [7, 11) is 0. The molecule has 1 unspecified atom stereocenters. The van der Waals surface area contributed by atoms with Crippen LogP contribution in [-0.2, 0) is 4.79 Å². The first-order valence-electron chi connectivity index (χ1n) is 12.3. The zero-order valence-corrected chi connectivity index (χ0v) is 22.8. The van der Waals surface area contributed by atoms with Crippen molar-refractivity contribution in [2.75, 3.05) is 10.6 Å². The van der Waals surface area contributed by atoms with Crippen LogP contribution in [0, 0.1) is 15.9 Å². The van der Waals surface area contributed by atoms with Gasteiger partial charge in [-0.25, -0.2) is 9.37 Å². The lowest BCUT2D eigenvalue weighted by Crippen LogP contribution is -2.19. The van der Waals surface area contributed by atoms with Crippen LogP contribution in [0.4, 0.5) is 20.9 Å². The van der Waals surface area contributed by atoms with Gasteiger partial charge in [-0.15, -0.1) is 23.1 Å². The molecule has 0 aliphatic carbocycles. The van der Waals surface area contributed by atoms with E-state index in [1.807, 2.05) is 30.3 Å². The number of thioether (sulfide) groups is 1. The maximum absolute atomic E-state index is 13.5. The van der Waals surface area contributed by atoms with Gasteiger partial charge in [-0.3, -0.25) is 19.7 Å². The quantitative estimate of drug-likeness (QED) is 0.105. The number of benzene rings is 4. The minimum atomic E-state index is -0.610. The number of carbonyl (C=O) groups is 2. The number of hydrogen-bond acceptors (Lipinski definition) is 7. The standard InChI is InChI=1S/C30H21FN4O4S2/c31-22-11-9-20(10-12-22)28(36)32-23-13-15-25(16-14-23)41-27(19-5-2-1-3-6-19)29(37)34-30-33-26(18-40-30)21-7-4-8-24(17-21)35(38)39/h1-18,27H,(H,32,36)(H,33,34,37). The van der Waals surface area contributed by atoms with Gasteiger partial charge in [-0.2, -0.15) is 0 Å². The van der Waals surface area contributed by atoms with E-state index in [4.69, 9.17) is 0 Å².